The Morgan fingerprint density at radius 2 is 1.89 bits per heavy atom. The highest BCUT2D eigenvalue weighted by molar-refractivity contribution is 9.13. The second kappa shape index (κ2) is 6.18. The summed E-state index contributed by atoms with van der Waals surface area (Å²) in [5.74, 6) is 0.141. The van der Waals surface area contributed by atoms with Crippen LogP contribution in [0.5, 0.6) is 0 Å². The van der Waals surface area contributed by atoms with Gasteiger partial charge in [-0.3, -0.25) is 14.6 Å². The van der Waals surface area contributed by atoms with Gasteiger partial charge in [0.1, 0.15) is 5.76 Å². The van der Waals surface area contributed by atoms with E-state index in [1.807, 2.05) is 11.0 Å². The van der Waals surface area contributed by atoms with Gasteiger partial charge < -0.3 is 9.52 Å². The van der Waals surface area contributed by atoms with E-state index in [9.17, 15) is 4.79 Å². The van der Waals surface area contributed by atoms with Crippen LogP contribution in [-0.4, -0.2) is 53.6 Å². The molecule has 0 radical (unpaired) electrons. The first-order valence-corrected chi connectivity index (χ1v) is 7.23. The zero-order chi connectivity index (χ0) is 13.1. The van der Waals surface area contributed by atoms with Crippen LogP contribution in [0.4, 0.5) is 0 Å². The molecule has 2 rings (SSSR count). The van der Waals surface area contributed by atoms with E-state index in [-0.39, 0.29) is 6.54 Å². The van der Waals surface area contributed by atoms with Crippen molar-refractivity contribution in [1.29, 1.82) is 0 Å². The summed E-state index contributed by atoms with van der Waals surface area (Å²) in [7, 11) is 0. The Morgan fingerprint density at radius 1 is 1.28 bits per heavy atom. The van der Waals surface area contributed by atoms with Gasteiger partial charge in [-0.15, -0.1) is 0 Å². The molecule has 1 aliphatic rings. The molecule has 0 spiro atoms. The van der Waals surface area contributed by atoms with E-state index in [0.717, 1.165) is 43.0 Å². The van der Waals surface area contributed by atoms with E-state index in [4.69, 9.17) is 9.52 Å². The van der Waals surface area contributed by atoms with E-state index in [2.05, 4.69) is 36.8 Å². The van der Waals surface area contributed by atoms with Crippen LogP contribution in [0.15, 0.2) is 19.6 Å². The van der Waals surface area contributed by atoms with Crippen LogP contribution >= 0.6 is 31.9 Å². The Kier molecular flexibility index (Phi) is 4.83. The van der Waals surface area contributed by atoms with Crippen molar-refractivity contribution in [3.63, 3.8) is 0 Å². The number of carbonyl (C=O) groups is 1. The lowest BCUT2D eigenvalue weighted by Gasteiger charge is -2.33. The Labute approximate surface area is 122 Å². The molecule has 0 aromatic carbocycles. The van der Waals surface area contributed by atoms with Crippen molar-refractivity contribution in [2.75, 3.05) is 32.7 Å². The molecule has 1 aromatic rings. The molecule has 1 N–H and O–H groups in total. The van der Waals surface area contributed by atoms with Gasteiger partial charge in [-0.1, -0.05) is 0 Å². The van der Waals surface area contributed by atoms with E-state index in [0.29, 0.717) is 4.67 Å². The average Bonchev–Trinajstić information content (AvgIpc) is 2.60. The fraction of sp³-hybridized carbons (Fsp3) is 0.545. The minimum Gasteiger partial charge on any atom is -0.480 e. The topological polar surface area (TPSA) is 56.9 Å². The van der Waals surface area contributed by atoms with Crippen LogP contribution in [0.25, 0.3) is 0 Å². The van der Waals surface area contributed by atoms with Gasteiger partial charge in [-0.25, -0.2) is 0 Å². The molecule has 1 aromatic heterocycles. The number of carboxylic acids is 1. The molecule has 2 heterocycles. The molecule has 1 fully saturated rings. The summed E-state index contributed by atoms with van der Waals surface area (Å²) in [5.41, 5.74) is 0. The lowest BCUT2D eigenvalue weighted by molar-refractivity contribution is -0.138. The fourth-order valence-electron chi connectivity index (χ4n) is 1.99. The fourth-order valence-corrected chi connectivity index (χ4v) is 2.65. The monoisotopic (exact) mass is 380 g/mol. The van der Waals surface area contributed by atoms with Gasteiger partial charge in [0.2, 0.25) is 0 Å². The smallest absolute Gasteiger partial charge is 0.317 e. The standard InChI is InChI=1S/C11H14Br2N2O3/c12-9-5-8(18-11(9)13)6-14-1-3-15(4-2-14)7-10(16)17/h5H,1-4,6-7H2,(H,16,17). The summed E-state index contributed by atoms with van der Waals surface area (Å²) in [4.78, 5) is 14.8. The van der Waals surface area contributed by atoms with Gasteiger partial charge in [0.25, 0.3) is 0 Å². The third-order valence-corrected chi connectivity index (χ3v) is 4.61. The zero-order valence-electron chi connectivity index (χ0n) is 9.73. The SMILES string of the molecule is O=C(O)CN1CCN(Cc2cc(Br)c(Br)o2)CC1. The molecule has 1 aliphatic heterocycles. The van der Waals surface area contributed by atoms with Crippen LogP contribution < -0.4 is 0 Å². The number of piperazine rings is 1. The molecule has 1 saturated heterocycles. The van der Waals surface area contributed by atoms with Crippen molar-refractivity contribution in [2.24, 2.45) is 0 Å². The highest BCUT2D eigenvalue weighted by atomic mass is 79.9. The average molecular weight is 382 g/mol. The summed E-state index contributed by atoms with van der Waals surface area (Å²) >= 11 is 6.70. The van der Waals surface area contributed by atoms with E-state index >= 15 is 0 Å². The molecule has 0 aliphatic carbocycles. The number of nitrogens with zero attached hydrogens (tertiary/aromatic N) is 2. The van der Waals surface area contributed by atoms with Crippen molar-refractivity contribution < 1.29 is 14.3 Å². The minimum absolute atomic E-state index is 0.131. The third kappa shape index (κ3) is 3.81. The zero-order valence-corrected chi connectivity index (χ0v) is 12.9. The number of carboxylic acid groups (broad SMARTS) is 1. The molecule has 7 heteroatoms. The first kappa shape index (κ1) is 14.0. The summed E-state index contributed by atoms with van der Waals surface area (Å²) < 4.78 is 7.16. The Balaban J connectivity index is 1.81. The van der Waals surface area contributed by atoms with Crippen LogP contribution in [0.3, 0.4) is 0 Å². The Hall–Kier alpha value is -0.370. The van der Waals surface area contributed by atoms with Crippen LogP contribution in [0.1, 0.15) is 5.76 Å². The van der Waals surface area contributed by atoms with Gasteiger partial charge >= 0.3 is 5.97 Å². The molecule has 0 saturated carbocycles. The van der Waals surface area contributed by atoms with Gasteiger partial charge in [-0.05, 0) is 37.9 Å². The molecule has 18 heavy (non-hydrogen) atoms. The van der Waals surface area contributed by atoms with Gasteiger partial charge in [0, 0.05) is 26.2 Å². The number of aliphatic carboxylic acids is 1. The number of hydrogen-bond donors (Lipinski definition) is 1. The van der Waals surface area contributed by atoms with Gasteiger partial charge in [0.05, 0.1) is 17.6 Å². The molecule has 0 unspecified atom stereocenters. The van der Waals surface area contributed by atoms with E-state index in [1.165, 1.54) is 0 Å². The normalized spacial score (nSPS) is 18.1. The van der Waals surface area contributed by atoms with Gasteiger partial charge in [0.15, 0.2) is 4.67 Å². The summed E-state index contributed by atoms with van der Waals surface area (Å²) in [5, 5.41) is 8.72. The van der Waals surface area contributed by atoms with Crippen molar-refractivity contribution in [3.05, 3.63) is 21.0 Å². The van der Waals surface area contributed by atoms with Crippen molar-refractivity contribution in [1.82, 2.24) is 9.80 Å². The quantitative estimate of drug-likeness (QED) is 0.864. The van der Waals surface area contributed by atoms with Gasteiger partial charge in [-0.2, -0.15) is 0 Å². The summed E-state index contributed by atoms with van der Waals surface area (Å²) in [6.45, 7) is 4.19. The largest absolute Gasteiger partial charge is 0.480 e. The third-order valence-electron chi connectivity index (χ3n) is 2.90. The number of rotatable bonds is 4. The van der Waals surface area contributed by atoms with Crippen LogP contribution in [0, 0.1) is 0 Å². The lowest BCUT2D eigenvalue weighted by atomic mass is 10.3. The molecule has 0 bridgehead atoms. The molecule has 100 valence electrons. The molecule has 0 atom stereocenters. The van der Waals surface area contributed by atoms with E-state index < -0.39 is 5.97 Å². The number of halogens is 2. The summed E-state index contributed by atoms with van der Waals surface area (Å²) in [6.07, 6.45) is 0. The maximum Gasteiger partial charge on any atom is 0.317 e. The summed E-state index contributed by atoms with van der Waals surface area (Å²) in [6, 6.07) is 1.95. The second-order valence-corrected chi connectivity index (χ2v) is 5.85. The Bertz CT molecular complexity index is 408. The number of hydrogen-bond acceptors (Lipinski definition) is 4. The lowest BCUT2D eigenvalue weighted by Crippen LogP contribution is -2.47. The Morgan fingerprint density at radius 3 is 2.39 bits per heavy atom. The maximum absolute atomic E-state index is 10.6. The minimum atomic E-state index is -0.762. The second-order valence-electron chi connectivity index (χ2n) is 4.28. The molecule has 0 amide bonds. The first-order chi connectivity index (χ1) is 8.54. The first-order valence-electron chi connectivity index (χ1n) is 5.65. The number of furan rings is 1. The maximum atomic E-state index is 10.6. The predicted molar refractivity (Wildman–Crippen MR) is 73.5 cm³/mol. The van der Waals surface area contributed by atoms with Crippen LogP contribution in [-0.2, 0) is 11.3 Å². The molecular weight excluding hydrogens is 368 g/mol. The van der Waals surface area contributed by atoms with Crippen molar-refractivity contribution in [2.45, 2.75) is 6.54 Å². The molecule has 5 nitrogen and oxygen atoms in total. The van der Waals surface area contributed by atoms with Crippen molar-refractivity contribution >= 4 is 37.8 Å². The highest BCUT2D eigenvalue weighted by Gasteiger charge is 2.19. The highest BCUT2D eigenvalue weighted by Crippen LogP contribution is 2.27. The predicted octanol–water partition coefficient (Wildman–Crippen LogP) is 2.01. The van der Waals surface area contributed by atoms with Crippen molar-refractivity contribution in [3.8, 4) is 0 Å². The molecular formula is C11H14Br2N2O3. The van der Waals surface area contributed by atoms with E-state index in [1.54, 1.807) is 0 Å². The van der Waals surface area contributed by atoms with Crippen LogP contribution in [0.2, 0.25) is 0 Å².